The molecule has 0 aliphatic heterocycles. The Balaban J connectivity index is 2.26. The fraction of sp³-hybridized carbons (Fsp3) is 0.611. The number of hydrogen-bond donors (Lipinski definition) is 0. The Morgan fingerprint density at radius 3 is 2.33 bits per heavy atom. The van der Waals surface area contributed by atoms with Gasteiger partial charge in [-0.15, -0.1) is 0 Å². The molecular formula is C18H26N2O4. The quantitative estimate of drug-likeness (QED) is 0.591. The Kier molecular flexibility index (Phi) is 5.47. The summed E-state index contributed by atoms with van der Waals surface area (Å²) in [6, 6.07) is 0. The molecule has 0 atom stereocenters. The molecule has 0 N–H and O–H groups in total. The number of aromatic nitrogens is 1. The van der Waals surface area contributed by atoms with Crippen molar-refractivity contribution in [1.29, 1.82) is 0 Å². The lowest BCUT2D eigenvalue weighted by molar-refractivity contribution is -0.137. The van der Waals surface area contributed by atoms with E-state index in [9.17, 15) is 14.4 Å². The van der Waals surface area contributed by atoms with Crippen molar-refractivity contribution in [2.75, 3.05) is 20.2 Å². The monoisotopic (exact) mass is 334 g/mol. The van der Waals surface area contributed by atoms with E-state index in [1.54, 1.807) is 30.4 Å². The molecule has 132 valence electrons. The second kappa shape index (κ2) is 7.20. The van der Waals surface area contributed by atoms with E-state index < -0.39 is 5.97 Å². The van der Waals surface area contributed by atoms with E-state index in [1.807, 2.05) is 6.92 Å². The third-order valence-corrected chi connectivity index (χ3v) is 5.07. The van der Waals surface area contributed by atoms with Gasteiger partial charge >= 0.3 is 5.97 Å². The predicted octanol–water partition coefficient (Wildman–Crippen LogP) is 2.26. The number of methoxy groups -OCH3 is 1. The van der Waals surface area contributed by atoms with Crippen molar-refractivity contribution in [3.63, 3.8) is 0 Å². The summed E-state index contributed by atoms with van der Waals surface area (Å²) >= 11 is 0. The third kappa shape index (κ3) is 3.09. The SMILES string of the molecule is CCN(CC(=O)c1c(C)c(C(=O)OC)n(C)c1C)C(=O)C1CCC1. The summed E-state index contributed by atoms with van der Waals surface area (Å²) in [6.45, 7) is 6.00. The molecule has 1 saturated carbocycles. The molecule has 0 unspecified atom stereocenters. The van der Waals surface area contributed by atoms with Gasteiger partial charge in [0.15, 0.2) is 5.78 Å². The van der Waals surface area contributed by atoms with E-state index in [0.29, 0.717) is 29.1 Å². The number of likely N-dealkylation sites (N-methyl/N-ethyl adjacent to an activating group) is 1. The summed E-state index contributed by atoms with van der Waals surface area (Å²) in [5.41, 5.74) is 2.22. The number of hydrogen-bond acceptors (Lipinski definition) is 4. The normalized spacial score (nSPS) is 14.2. The molecule has 1 aromatic heterocycles. The highest BCUT2D eigenvalue weighted by Crippen LogP contribution is 2.29. The molecule has 1 amide bonds. The molecule has 0 spiro atoms. The van der Waals surface area contributed by atoms with Crippen LogP contribution in [0.2, 0.25) is 0 Å². The largest absolute Gasteiger partial charge is 0.464 e. The van der Waals surface area contributed by atoms with Crippen LogP contribution in [0.25, 0.3) is 0 Å². The minimum absolute atomic E-state index is 0.0537. The molecule has 1 heterocycles. The van der Waals surface area contributed by atoms with Crippen molar-refractivity contribution >= 4 is 17.7 Å². The number of Topliss-reactive ketones (excluding diaryl/α,β-unsaturated/α-hetero) is 1. The minimum Gasteiger partial charge on any atom is -0.464 e. The van der Waals surface area contributed by atoms with Gasteiger partial charge in [0.25, 0.3) is 0 Å². The molecule has 1 aromatic rings. The average molecular weight is 334 g/mol. The van der Waals surface area contributed by atoms with E-state index in [1.165, 1.54) is 7.11 Å². The molecule has 0 saturated heterocycles. The summed E-state index contributed by atoms with van der Waals surface area (Å²) in [7, 11) is 3.06. The summed E-state index contributed by atoms with van der Waals surface area (Å²) in [5.74, 6) is -0.460. The Morgan fingerprint density at radius 1 is 1.25 bits per heavy atom. The zero-order valence-electron chi connectivity index (χ0n) is 15.1. The van der Waals surface area contributed by atoms with Crippen LogP contribution in [0, 0.1) is 19.8 Å². The molecule has 0 radical (unpaired) electrons. The molecule has 0 bridgehead atoms. The highest BCUT2D eigenvalue weighted by atomic mass is 16.5. The second-order valence-corrected chi connectivity index (χ2v) is 6.39. The number of ketones is 1. The Morgan fingerprint density at radius 2 is 1.88 bits per heavy atom. The first-order valence-corrected chi connectivity index (χ1v) is 8.39. The van der Waals surface area contributed by atoms with Crippen LogP contribution < -0.4 is 0 Å². The summed E-state index contributed by atoms with van der Waals surface area (Å²) in [5, 5.41) is 0. The van der Waals surface area contributed by atoms with Crippen LogP contribution in [0.4, 0.5) is 0 Å². The van der Waals surface area contributed by atoms with E-state index >= 15 is 0 Å². The van der Waals surface area contributed by atoms with Crippen LogP contribution >= 0.6 is 0 Å². The zero-order valence-corrected chi connectivity index (χ0v) is 15.1. The summed E-state index contributed by atoms with van der Waals surface area (Å²) in [4.78, 5) is 38.8. The molecule has 1 aliphatic carbocycles. The number of amides is 1. The number of carbonyl (C=O) groups excluding carboxylic acids is 3. The van der Waals surface area contributed by atoms with Gasteiger partial charge in [0.1, 0.15) is 5.69 Å². The smallest absolute Gasteiger partial charge is 0.354 e. The molecule has 6 heteroatoms. The number of esters is 1. The third-order valence-electron chi connectivity index (χ3n) is 5.07. The van der Waals surface area contributed by atoms with Crippen molar-refractivity contribution < 1.29 is 19.1 Å². The molecule has 2 rings (SSSR count). The van der Waals surface area contributed by atoms with Crippen molar-refractivity contribution in [2.45, 2.75) is 40.0 Å². The van der Waals surface area contributed by atoms with E-state index in [-0.39, 0.29) is 24.2 Å². The highest BCUT2D eigenvalue weighted by Gasteiger charge is 2.31. The molecule has 6 nitrogen and oxygen atoms in total. The van der Waals surface area contributed by atoms with Crippen LogP contribution in [0.1, 0.15) is 58.3 Å². The summed E-state index contributed by atoms with van der Waals surface area (Å²) < 4.78 is 6.48. The zero-order chi connectivity index (χ0) is 18.0. The van der Waals surface area contributed by atoms with Gasteiger partial charge in [0, 0.05) is 30.8 Å². The average Bonchev–Trinajstić information content (AvgIpc) is 2.72. The van der Waals surface area contributed by atoms with Gasteiger partial charge in [-0.2, -0.15) is 0 Å². The first-order chi connectivity index (χ1) is 11.3. The summed E-state index contributed by atoms with van der Waals surface area (Å²) in [6.07, 6.45) is 2.92. The molecule has 1 aliphatic rings. The van der Waals surface area contributed by atoms with Crippen molar-refractivity contribution in [3.8, 4) is 0 Å². The van der Waals surface area contributed by atoms with Gasteiger partial charge in [-0.25, -0.2) is 4.79 Å². The van der Waals surface area contributed by atoms with Crippen LogP contribution in [0.5, 0.6) is 0 Å². The lowest BCUT2D eigenvalue weighted by atomic mass is 9.84. The lowest BCUT2D eigenvalue weighted by Gasteiger charge is -2.30. The minimum atomic E-state index is -0.463. The topological polar surface area (TPSA) is 68.6 Å². The van der Waals surface area contributed by atoms with Crippen LogP contribution in [-0.2, 0) is 16.6 Å². The predicted molar refractivity (Wildman–Crippen MR) is 90.2 cm³/mol. The van der Waals surface area contributed by atoms with Gasteiger partial charge in [-0.3, -0.25) is 9.59 Å². The molecule has 1 fully saturated rings. The van der Waals surface area contributed by atoms with E-state index in [2.05, 4.69) is 0 Å². The first-order valence-electron chi connectivity index (χ1n) is 8.39. The van der Waals surface area contributed by atoms with Crippen LogP contribution in [-0.4, -0.2) is 47.3 Å². The maximum atomic E-state index is 12.8. The fourth-order valence-corrected chi connectivity index (χ4v) is 3.29. The number of carbonyl (C=O) groups is 3. The Labute approximate surface area is 142 Å². The fourth-order valence-electron chi connectivity index (χ4n) is 3.29. The Bertz CT molecular complexity index is 671. The van der Waals surface area contributed by atoms with Crippen molar-refractivity contribution in [3.05, 3.63) is 22.5 Å². The lowest BCUT2D eigenvalue weighted by Crippen LogP contribution is -2.41. The van der Waals surface area contributed by atoms with Gasteiger partial charge in [0.05, 0.1) is 13.7 Å². The molecule has 0 aromatic carbocycles. The second-order valence-electron chi connectivity index (χ2n) is 6.39. The standard InChI is InChI=1S/C18H26N2O4/c1-6-20(17(22)13-8-7-9-13)10-14(21)15-11(2)16(18(23)24-5)19(4)12(15)3/h13H,6-10H2,1-5H3. The number of ether oxygens (including phenoxy) is 1. The van der Waals surface area contributed by atoms with Crippen molar-refractivity contribution in [2.24, 2.45) is 13.0 Å². The van der Waals surface area contributed by atoms with Gasteiger partial charge in [-0.1, -0.05) is 6.42 Å². The Hall–Kier alpha value is -2.11. The van der Waals surface area contributed by atoms with E-state index in [4.69, 9.17) is 4.74 Å². The van der Waals surface area contributed by atoms with E-state index in [0.717, 1.165) is 19.3 Å². The van der Waals surface area contributed by atoms with Gasteiger partial charge < -0.3 is 14.2 Å². The highest BCUT2D eigenvalue weighted by molar-refractivity contribution is 6.04. The van der Waals surface area contributed by atoms with Crippen LogP contribution in [0.15, 0.2) is 0 Å². The van der Waals surface area contributed by atoms with Crippen molar-refractivity contribution in [1.82, 2.24) is 9.47 Å². The van der Waals surface area contributed by atoms with Crippen LogP contribution in [0.3, 0.4) is 0 Å². The number of nitrogens with zero attached hydrogens (tertiary/aromatic N) is 2. The molecular weight excluding hydrogens is 308 g/mol. The van der Waals surface area contributed by atoms with Gasteiger partial charge in [-0.05, 0) is 39.2 Å². The molecule has 24 heavy (non-hydrogen) atoms. The van der Waals surface area contributed by atoms with Gasteiger partial charge in [0.2, 0.25) is 5.91 Å². The maximum Gasteiger partial charge on any atom is 0.354 e. The first kappa shape index (κ1) is 18.2. The number of rotatable bonds is 6. The maximum absolute atomic E-state index is 12.8.